The highest BCUT2D eigenvalue weighted by atomic mass is 79.9. The Bertz CT molecular complexity index is 197. The Morgan fingerprint density at radius 2 is 1.94 bits per heavy atom. The average Bonchev–Trinajstić information content (AvgIpc) is 2.83. The quantitative estimate of drug-likeness (QED) is 0.715. The van der Waals surface area contributed by atoms with Crippen LogP contribution in [0.15, 0.2) is 0 Å². The van der Waals surface area contributed by atoms with E-state index in [-0.39, 0.29) is 0 Å². The number of rotatable bonds is 5. The molecule has 0 aromatic heterocycles. The number of alkyl halides is 1. The molecule has 0 aliphatic carbocycles. The number of nitrogens with zero attached hydrogens (tertiary/aromatic N) is 2. The van der Waals surface area contributed by atoms with Gasteiger partial charge in [0.15, 0.2) is 0 Å². The molecule has 1 atom stereocenters. The Balaban J connectivity index is 1.63. The van der Waals surface area contributed by atoms with Crippen molar-refractivity contribution in [1.82, 2.24) is 9.80 Å². The van der Waals surface area contributed by atoms with Crippen molar-refractivity contribution in [1.29, 1.82) is 0 Å². The van der Waals surface area contributed by atoms with E-state index in [0.717, 1.165) is 25.1 Å². The van der Waals surface area contributed by atoms with E-state index in [1.807, 2.05) is 0 Å². The summed E-state index contributed by atoms with van der Waals surface area (Å²) >= 11 is 3.58. The van der Waals surface area contributed by atoms with Gasteiger partial charge in [0.25, 0.3) is 0 Å². The number of morpholine rings is 1. The van der Waals surface area contributed by atoms with Crippen LogP contribution in [0.2, 0.25) is 0 Å². The van der Waals surface area contributed by atoms with Crippen LogP contribution in [0.1, 0.15) is 19.3 Å². The molecule has 0 amide bonds. The molecule has 0 spiro atoms. The molecule has 0 aromatic rings. The van der Waals surface area contributed by atoms with Gasteiger partial charge in [-0.15, -0.1) is 0 Å². The lowest BCUT2D eigenvalue weighted by molar-refractivity contribution is 0.000723. The molecule has 4 heteroatoms. The molecule has 0 N–H and O–H groups in total. The van der Waals surface area contributed by atoms with E-state index < -0.39 is 0 Å². The molecular formula is C12H23BrN2O. The van der Waals surface area contributed by atoms with Gasteiger partial charge in [-0.25, -0.2) is 0 Å². The van der Waals surface area contributed by atoms with Gasteiger partial charge in [-0.1, -0.05) is 15.9 Å². The van der Waals surface area contributed by atoms with E-state index in [4.69, 9.17) is 4.74 Å². The topological polar surface area (TPSA) is 15.7 Å². The Morgan fingerprint density at radius 1 is 1.12 bits per heavy atom. The second kappa shape index (κ2) is 6.94. The van der Waals surface area contributed by atoms with E-state index in [1.54, 1.807) is 0 Å². The molecule has 16 heavy (non-hydrogen) atoms. The second-order valence-electron chi connectivity index (χ2n) is 4.82. The maximum absolute atomic E-state index is 5.50. The van der Waals surface area contributed by atoms with E-state index in [0.29, 0.717) is 6.04 Å². The molecule has 0 saturated carbocycles. The van der Waals surface area contributed by atoms with Crippen LogP contribution in [-0.2, 0) is 4.74 Å². The maximum Gasteiger partial charge on any atom is 0.0630 e. The van der Waals surface area contributed by atoms with Crippen LogP contribution in [-0.4, -0.2) is 67.1 Å². The summed E-state index contributed by atoms with van der Waals surface area (Å²) in [6.45, 7) is 8.08. The first kappa shape index (κ1) is 12.8. The Kier molecular flexibility index (Phi) is 5.56. The zero-order chi connectivity index (χ0) is 11.2. The molecule has 0 aromatic carbocycles. The lowest BCUT2D eigenvalue weighted by Crippen LogP contribution is -2.47. The highest BCUT2D eigenvalue weighted by Gasteiger charge is 2.21. The third kappa shape index (κ3) is 3.69. The van der Waals surface area contributed by atoms with Crippen molar-refractivity contribution in [3.8, 4) is 0 Å². The van der Waals surface area contributed by atoms with E-state index >= 15 is 0 Å². The Hall–Kier alpha value is 0.360. The fourth-order valence-corrected chi connectivity index (χ4v) is 3.23. The summed E-state index contributed by atoms with van der Waals surface area (Å²) in [6.07, 6.45) is 4.12. The molecule has 2 aliphatic heterocycles. The molecule has 3 nitrogen and oxygen atoms in total. The average molecular weight is 291 g/mol. The van der Waals surface area contributed by atoms with Gasteiger partial charge >= 0.3 is 0 Å². The highest BCUT2D eigenvalue weighted by molar-refractivity contribution is 9.09. The van der Waals surface area contributed by atoms with Gasteiger partial charge in [-0.2, -0.15) is 0 Å². The van der Waals surface area contributed by atoms with Crippen LogP contribution in [0.25, 0.3) is 0 Å². The van der Waals surface area contributed by atoms with Gasteiger partial charge in [-0.05, 0) is 45.4 Å². The lowest BCUT2D eigenvalue weighted by Gasteiger charge is -2.34. The summed E-state index contributed by atoms with van der Waals surface area (Å²) in [4.78, 5) is 5.18. The minimum atomic E-state index is 0.590. The van der Waals surface area contributed by atoms with Gasteiger partial charge in [0, 0.05) is 17.9 Å². The Labute approximate surface area is 107 Å². The summed E-state index contributed by atoms with van der Waals surface area (Å²) in [5.41, 5.74) is 0. The van der Waals surface area contributed by atoms with Gasteiger partial charge in [0.2, 0.25) is 0 Å². The van der Waals surface area contributed by atoms with Gasteiger partial charge in [0.1, 0.15) is 0 Å². The van der Waals surface area contributed by atoms with Crippen molar-refractivity contribution in [2.24, 2.45) is 0 Å². The molecule has 0 bridgehead atoms. The van der Waals surface area contributed by atoms with Crippen molar-refractivity contribution in [3.63, 3.8) is 0 Å². The van der Waals surface area contributed by atoms with Crippen molar-refractivity contribution < 1.29 is 4.74 Å². The summed E-state index contributed by atoms with van der Waals surface area (Å²) < 4.78 is 5.50. The fraction of sp³-hybridized carbons (Fsp3) is 1.00. The number of halogens is 1. The normalized spacial score (nSPS) is 28.7. The predicted octanol–water partition coefficient (Wildman–Crippen LogP) is 1.57. The summed E-state index contributed by atoms with van der Waals surface area (Å²) in [6, 6.07) is 0.590. The predicted molar refractivity (Wildman–Crippen MR) is 70.3 cm³/mol. The van der Waals surface area contributed by atoms with Gasteiger partial charge < -0.3 is 9.64 Å². The Morgan fingerprint density at radius 3 is 2.69 bits per heavy atom. The molecule has 1 unspecified atom stereocenters. The van der Waals surface area contributed by atoms with Gasteiger partial charge in [-0.3, -0.25) is 4.90 Å². The molecule has 0 radical (unpaired) electrons. The molecule has 2 fully saturated rings. The summed E-state index contributed by atoms with van der Waals surface area (Å²) in [5.74, 6) is 0. The van der Waals surface area contributed by atoms with Crippen LogP contribution in [0.5, 0.6) is 0 Å². The summed E-state index contributed by atoms with van der Waals surface area (Å²) in [5, 5.41) is 1.04. The zero-order valence-electron chi connectivity index (χ0n) is 10.0. The van der Waals surface area contributed by atoms with Crippen molar-refractivity contribution >= 4 is 15.9 Å². The van der Waals surface area contributed by atoms with Crippen LogP contribution >= 0.6 is 15.9 Å². The van der Waals surface area contributed by atoms with E-state index in [2.05, 4.69) is 25.7 Å². The van der Waals surface area contributed by atoms with Gasteiger partial charge in [0.05, 0.1) is 13.2 Å². The van der Waals surface area contributed by atoms with Crippen molar-refractivity contribution in [3.05, 3.63) is 0 Å². The summed E-state index contributed by atoms with van der Waals surface area (Å²) in [7, 11) is 0. The second-order valence-corrected chi connectivity index (χ2v) is 5.47. The minimum Gasteiger partial charge on any atom is -0.378 e. The molecule has 2 saturated heterocycles. The number of hydrogen-bond acceptors (Lipinski definition) is 3. The standard InChI is InChI=1S/C12H23BrN2O/c13-10-12-11-16-9-8-15(12)7-3-6-14-4-1-2-5-14/h12H,1-11H2. The zero-order valence-corrected chi connectivity index (χ0v) is 11.6. The lowest BCUT2D eigenvalue weighted by atomic mass is 10.2. The SMILES string of the molecule is BrCC1COCCN1CCCN1CCCC1. The fourth-order valence-electron chi connectivity index (χ4n) is 2.63. The van der Waals surface area contributed by atoms with Crippen LogP contribution in [0.3, 0.4) is 0 Å². The smallest absolute Gasteiger partial charge is 0.0630 e. The first-order valence-corrected chi connectivity index (χ1v) is 7.62. The number of hydrogen-bond donors (Lipinski definition) is 0. The third-order valence-corrected chi connectivity index (χ3v) is 4.39. The van der Waals surface area contributed by atoms with Crippen LogP contribution < -0.4 is 0 Å². The van der Waals surface area contributed by atoms with Crippen LogP contribution in [0.4, 0.5) is 0 Å². The maximum atomic E-state index is 5.50. The molecule has 94 valence electrons. The van der Waals surface area contributed by atoms with Crippen molar-refractivity contribution in [2.45, 2.75) is 25.3 Å². The molecule has 2 heterocycles. The van der Waals surface area contributed by atoms with E-state index in [9.17, 15) is 0 Å². The third-order valence-electron chi connectivity index (χ3n) is 3.65. The largest absolute Gasteiger partial charge is 0.378 e. The molecular weight excluding hydrogens is 268 g/mol. The number of ether oxygens (including phenoxy) is 1. The molecule has 2 rings (SSSR count). The van der Waals surface area contributed by atoms with Crippen molar-refractivity contribution in [2.75, 3.05) is 51.3 Å². The monoisotopic (exact) mass is 290 g/mol. The molecule has 2 aliphatic rings. The highest BCUT2D eigenvalue weighted by Crippen LogP contribution is 2.12. The minimum absolute atomic E-state index is 0.590. The first-order chi connectivity index (χ1) is 7.90. The van der Waals surface area contributed by atoms with Crippen LogP contribution in [0, 0.1) is 0 Å². The first-order valence-electron chi connectivity index (χ1n) is 6.50. The number of likely N-dealkylation sites (tertiary alicyclic amines) is 1. The van der Waals surface area contributed by atoms with E-state index in [1.165, 1.54) is 45.4 Å².